The van der Waals surface area contributed by atoms with Crippen molar-refractivity contribution in [2.24, 2.45) is 0 Å². The summed E-state index contributed by atoms with van der Waals surface area (Å²) in [6.45, 7) is 0. The van der Waals surface area contributed by atoms with E-state index in [1.807, 2.05) is 0 Å². The van der Waals surface area contributed by atoms with Crippen molar-refractivity contribution in [3.63, 3.8) is 0 Å². The number of furan rings is 1. The van der Waals surface area contributed by atoms with Crippen molar-refractivity contribution in [3.8, 4) is 11.4 Å². The van der Waals surface area contributed by atoms with Gasteiger partial charge in [0.15, 0.2) is 0 Å². The number of nitrogens with zero attached hydrogens (tertiary/aromatic N) is 1. The number of aromatic nitrogens is 2. The largest absolute Gasteiger partial charge is 0.497 e. The summed E-state index contributed by atoms with van der Waals surface area (Å²) < 4.78 is 95.6. The summed E-state index contributed by atoms with van der Waals surface area (Å²) in [7, 11) is 1.34. The Morgan fingerprint density at radius 1 is 1.03 bits per heavy atom. The zero-order chi connectivity index (χ0) is 24.2. The molecule has 1 aromatic carbocycles. The van der Waals surface area contributed by atoms with Crippen LogP contribution < -0.4 is 26.3 Å². The highest BCUT2D eigenvalue weighted by atomic mass is 19.4. The first-order valence-corrected chi connectivity index (χ1v) is 9.04. The molecule has 0 fully saturated rings. The van der Waals surface area contributed by atoms with Gasteiger partial charge in [-0.2, -0.15) is 26.3 Å². The molecule has 0 aliphatic carbocycles. The van der Waals surface area contributed by atoms with E-state index < -0.39 is 52.1 Å². The first-order valence-electron chi connectivity index (χ1n) is 9.04. The van der Waals surface area contributed by atoms with Crippen LogP contribution in [0, 0.1) is 0 Å². The van der Waals surface area contributed by atoms with Crippen LogP contribution in [0.5, 0.6) is 5.75 Å². The topological polar surface area (TPSA) is 103 Å². The zero-order valence-corrected chi connectivity index (χ0v) is 16.4. The number of aromatic amines is 1. The van der Waals surface area contributed by atoms with Gasteiger partial charge in [-0.25, -0.2) is 19.7 Å². The molecule has 3 N–H and O–H groups in total. The maximum atomic E-state index is 14.2. The van der Waals surface area contributed by atoms with Gasteiger partial charge in [-0.15, -0.1) is 0 Å². The number of H-pyrrole nitrogens is 1. The van der Waals surface area contributed by atoms with Crippen LogP contribution in [0.1, 0.15) is 11.3 Å². The minimum Gasteiger partial charge on any atom is -0.497 e. The highest BCUT2D eigenvalue weighted by Gasteiger charge is 2.78. The van der Waals surface area contributed by atoms with Gasteiger partial charge in [-0.3, -0.25) is 9.78 Å². The third-order valence-electron chi connectivity index (χ3n) is 4.99. The molecule has 3 aromatic rings. The quantitative estimate of drug-likeness (QED) is 0.497. The molecule has 3 heterocycles. The number of nitrogens with one attached hydrogen (secondary N) is 3. The molecule has 14 heteroatoms. The van der Waals surface area contributed by atoms with Crippen LogP contribution >= 0.6 is 0 Å². The molecular formula is C19H13F6N4O4+. The van der Waals surface area contributed by atoms with Gasteiger partial charge in [0.25, 0.3) is 5.56 Å². The van der Waals surface area contributed by atoms with Crippen molar-refractivity contribution < 1.29 is 40.5 Å². The van der Waals surface area contributed by atoms with Gasteiger partial charge < -0.3 is 9.15 Å². The molecule has 0 radical (unpaired) electrons. The molecule has 4 rings (SSSR count). The van der Waals surface area contributed by atoms with Crippen molar-refractivity contribution in [1.29, 1.82) is 0 Å². The van der Waals surface area contributed by atoms with Crippen molar-refractivity contribution in [2.75, 3.05) is 12.4 Å². The third-order valence-corrected chi connectivity index (χ3v) is 4.99. The molecule has 1 aliphatic rings. The van der Waals surface area contributed by atoms with E-state index >= 15 is 0 Å². The zero-order valence-electron chi connectivity index (χ0n) is 16.4. The van der Waals surface area contributed by atoms with Crippen molar-refractivity contribution in [1.82, 2.24) is 9.55 Å². The predicted molar refractivity (Wildman–Crippen MR) is 100 cm³/mol. The molecule has 0 saturated carbocycles. The van der Waals surface area contributed by atoms with Crippen LogP contribution in [0.25, 0.3) is 5.69 Å². The Bertz CT molecular complexity index is 1320. The first kappa shape index (κ1) is 22.2. The number of hydrogen-bond acceptors (Lipinski definition) is 5. The molecule has 0 unspecified atom stereocenters. The number of halogens is 6. The van der Waals surface area contributed by atoms with E-state index in [1.165, 1.54) is 42.4 Å². The number of methoxy groups -OCH3 is 1. The van der Waals surface area contributed by atoms with Crippen LogP contribution in [0.15, 0.2) is 56.7 Å². The monoisotopic (exact) mass is 475 g/mol. The minimum absolute atomic E-state index is 0.139. The lowest BCUT2D eigenvalue weighted by Gasteiger charge is -2.34. The van der Waals surface area contributed by atoms with Gasteiger partial charge in [-0.1, -0.05) is 0 Å². The fourth-order valence-corrected chi connectivity index (χ4v) is 3.51. The van der Waals surface area contributed by atoms with Gasteiger partial charge in [0, 0.05) is 0 Å². The average molecular weight is 475 g/mol. The standard InChI is InChI=1S/C19H12F6N4O4/c1-32-10-6-4-9(5-7-10)29-14-12(15(30)27-16(29)31)17(18(20,21)22,19(23,24)25)28-13(26-14)11-3-2-8-33-11/h2-8H,1H3,(H,26,28)(H,27,30,31)/p+1. The van der Waals surface area contributed by atoms with Crippen LogP contribution in [0.4, 0.5) is 32.2 Å². The summed E-state index contributed by atoms with van der Waals surface area (Å²) in [6, 6.07) is 7.44. The number of alkyl halides is 6. The lowest BCUT2D eigenvalue weighted by Crippen LogP contribution is -2.97. The summed E-state index contributed by atoms with van der Waals surface area (Å²) in [4.78, 5) is 28.0. The fourth-order valence-electron chi connectivity index (χ4n) is 3.51. The number of benzene rings is 1. The smallest absolute Gasteiger partial charge is 0.446 e. The third kappa shape index (κ3) is 3.29. The van der Waals surface area contributed by atoms with E-state index in [4.69, 9.17) is 9.15 Å². The maximum Gasteiger partial charge on any atom is 0.446 e. The molecule has 33 heavy (non-hydrogen) atoms. The highest BCUT2D eigenvalue weighted by molar-refractivity contribution is 6.03. The van der Waals surface area contributed by atoms with Gasteiger partial charge >= 0.3 is 29.4 Å². The van der Waals surface area contributed by atoms with Gasteiger partial charge in [-0.05, 0) is 36.4 Å². The molecule has 0 bridgehead atoms. The Labute approximate surface area is 179 Å². The molecule has 0 atom stereocenters. The number of anilines is 1. The first-order chi connectivity index (χ1) is 15.4. The van der Waals surface area contributed by atoms with Crippen LogP contribution in [-0.4, -0.2) is 34.8 Å². The Kier molecular flexibility index (Phi) is 4.91. The average Bonchev–Trinajstić information content (AvgIpc) is 3.26. The molecule has 0 saturated heterocycles. The van der Waals surface area contributed by atoms with Gasteiger partial charge in [0.05, 0.1) is 19.1 Å². The van der Waals surface area contributed by atoms with Gasteiger partial charge in [0.1, 0.15) is 11.3 Å². The number of ether oxygens (including phenoxy) is 1. The summed E-state index contributed by atoms with van der Waals surface area (Å²) in [5.41, 5.74) is -9.92. The molecule has 1 aliphatic heterocycles. The van der Waals surface area contributed by atoms with Crippen molar-refractivity contribution >= 4 is 11.7 Å². The summed E-state index contributed by atoms with van der Waals surface area (Å²) >= 11 is 0. The fraction of sp³-hybridized carbons (Fsp3) is 0.211. The van der Waals surface area contributed by atoms with Crippen LogP contribution in [0.2, 0.25) is 0 Å². The van der Waals surface area contributed by atoms with Crippen LogP contribution in [0.3, 0.4) is 0 Å². The Balaban J connectivity index is 2.15. The van der Waals surface area contributed by atoms with E-state index in [0.717, 1.165) is 12.3 Å². The lowest BCUT2D eigenvalue weighted by molar-refractivity contribution is -0.658. The van der Waals surface area contributed by atoms with E-state index in [-0.39, 0.29) is 5.69 Å². The van der Waals surface area contributed by atoms with E-state index in [2.05, 4.69) is 5.32 Å². The molecule has 0 spiro atoms. The van der Waals surface area contributed by atoms with Crippen molar-refractivity contribution in [3.05, 3.63) is 74.8 Å². The normalized spacial score (nSPS) is 15.4. The van der Waals surface area contributed by atoms with Crippen molar-refractivity contribution in [2.45, 2.75) is 17.9 Å². The molecule has 174 valence electrons. The second-order valence-electron chi connectivity index (χ2n) is 6.86. The number of hydrogen-bond donors (Lipinski definition) is 3. The highest BCUT2D eigenvalue weighted by Crippen LogP contribution is 2.48. The summed E-state index contributed by atoms with van der Waals surface area (Å²) in [5, 5.41) is 2.30. The molecule has 8 nitrogen and oxygen atoms in total. The SMILES string of the molecule is COc1ccc(-n2c3c(c(=O)[nH]c2=O)C(C(F)(F)F)(C(F)(F)F)[NH+]=C(c2ccco2)N3)cc1. The predicted octanol–water partition coefficient (Wildman–Crippen LogP) is 1.40. The summed E-state index contributed by atoms with van der Waals surface area (Å²) in [6.07, 6.45) is -11.1. The number of amidine groups is 1. The minimum atomic E-state index is -6.06. The second kappa shape index (κ2) is 7.28. The Morgan fingerprint density at radius 2 is 1.67 bits per heavy atom. The van der Waals surface area contributed by atoms with E-state index in [0.29, 0.717) is 10.3 Å². The lowest BCUT2D eigenvalue weighted by atomic mass is 9.88. The maximum absolute atomic E-state index is 14.2. The van der Waals surface area contributed by atoms with Crippen LogP contribution in [-0.2, 0) is 5.54 Å². The number of fused-ring (bicyclic) bond motifs is 1. The second-order valence-corrected chi connectivity index (χ2v) is 6.86. The molecular weight excluding hydrogens is 462 g/mol. The number of rotatable bonds is 3. The molecule has 0 amide bonds. The molecule has 2 aromatic heterocycles. The Morgan fingerprint density at radius 3 is 2.18 bits per heavy atom. The summed E-state index contributed by atoms with van der Waals surface area (Å²) in [5.74, 6) is -2.00. The Hall–Kier alpha value is -3.97. The van der Waals surface area contributed by atoms with E-state index in [9.17, 15) is 35.9 Å². The van der Waals surface area contributed by atoms with Gasteiger partial charge in [0.2, 0.25) is 11.6 Å². The van der Waals surface area contributed by atoms with E-state index in [1.54, 1.807) is 4.98 Å².